The molecule has 154 valence electrons. The van der Waals surface area contributed by atoms with Gasteiger partial charge in [0.1, 0.15) is 0 Å². The molecule has 0 saturated carbocycles. The van der Waals surface area contributed by atoms with Gasteiger partial charge in [-0.25, -0.2) is 0 Å². The molecule has 3 rings (SSSR count). The molecule has 0 aromatic rings. The van der Waals surface area contributed by atoms with Crippen LogP contribution in [0.2, 0.25) is 0 Å². The van der Waals surface area contributed by atoms with Crippen molar-refractivity contribution in [2.45, 2.75) is 32.0 Å². The van der Waals surface area contributed by atoms with E-state index < -0.39 is 32.2 Å². The van der Waals surface area contributed by atoms with Crippen LogP contribution in [-0.4, -0.2) is 87.2 Å². The van der Waals surface area contributed by atoms with Crippen LogP contribution in [0, 0.1) is 11.8 Å². The number of carbonyl (C=O) groups is 2. The molecular weight excluding hydrogens is 375 g/mol. The Morgan fingerprint density at radius 3 is 2.33 bits per heavy atom. The molecule has 2 bridgehead atoms. The number of hydrogen-bond acceptors (Lipinski definition) is 8. The zero-order valence-corrected chi connectivity index (χ0v) is 17.1. The largest absolute Gasteiger partial charge is 0.438 e. The van der Waals surface area contributed by atoms with Crippen molar-refractivity contribution in [3.63, 3.8) is 0 Å². The summed E-state index contributed by atoms with van der Waals surface area (Å²) in [6.45, 7) is 5.75. The van der Waals surface area contributed by atoms with Gasteiger partial charge in [-0.3, -0.25) is 18.7 Å². The van der Waals surface area contributed by atoms with Crippen molar-refractivity contribution < 1.29 is 32.7 Å². The van der Waals surface area contributed by atoms with E-state index in [9.17, 15) is 14.2 Å². The predicted octanol–water partition coefficient (Wildman–Crippen LogP) is 0.931. The third-order valence-corrected chi connectivity index (χ3v) is 6.80. The molecule has 0 aromatic heterocycles. The molecule has 0 aromatic carbocycles. The van der Waals surface area contributed by atoms with Crippen LogP contribution in [-0.2, 0) is 32.7 Å². The lowest BCUT2D eigenvalue weighted by atomic mass is 9.78. The summed E-state index contributed by atoms with van der Waals surface area (Å²) in [5, 5.41) is 0. The number of fused-ring (bicyclic) bond motifs is 2. The number of amides is 1. The molecule has 1 amide bonds. The molecule has 0 N–H and O–H groups in total. The van der Waals surface area contributed by atoms with Crippen LogP contribution in [0.5, 0.6) is 0 Å². The first kappa shape index (κ1) is 20.7. The lowest BCUT2D eigenvalue weighted by Crippen LogP contribution is -2.52. The summed E-state index contributed by atoms with van der Waals surface area (Å²) in [6.07, 6.45) is 0.984. The second-order valence-corrected chi connectivity index (χ2v) is 9.43. The fourth-order valence-electron chi connectivity index (χ4n) is 4.08. The van der Waals surface area contributed by atoms with Gasteiger partial charge in [-0.2, -0.15) is 0 Å². The van der Waals surface area contributed by atoms with Crippen molar-refractivity contribution in [1.29, 1.82) is 0 Å². The van der Waals surface area contributed by atoms with E-state index in [1.54, 1.807) is 6.92 Å². The molecular formula is C17H29N2O7P. The minimum atomic E-state index is -3.24. The van der Waals surface area contributed by atoms with Gasteiger partial charge in [-0.15, -0.1) is 0 Å². The highest BCUT2D eigenvalue weighted by molar-refractivity contribution is 7.52. The topological polar surface area (TPSA) is 94.6 Å². The molecule has 0 aliphatic carbocycles. The zero-order chi connectivity index (χ0) is 19.6. The SMILES string of the molecule is CCOP(C)(=O)OCOC(=O)C1C2CCC(O2)C1C(=O)N1CCN(C)CC1. The Kier molecular flexibility index (Phi) is 6.58. The van der Waals surface area contributed by atoms with E-state index in [1.807, 2.05) is 11.9 Å². The average Bonchev–Trinajstić information content (AvgIpc) is 3.22. The molecule has 3 aliphatic rings. The van der Waals surface area contributed by atoms with Crippen molar-refractivity contribution >= 4 is 19.5 Å². The van der Waals surface area contributed by atoms with Crippen LogP contribution in [0.1, 0.15) is 19.8 Å². The van der Waals surface area contributed by atoms with Crippen molar-refractivity contribution in [2.24, 2.45) is 11.8 Å². The highest BCUT2D eigenvalue weighted by atomic mass is 31.2. The smallest absolute Gasteiger partial charge is 0.330 e. The van der Waals surface area contributed by atoms with E-state index in [4.69, 9.17) is 18.5 Å². The van der Waals surface area contributed by atoms with Gasteiger partial charge in [0.25, 0.3) is 0 Å². The van der Waals surface area contributed by atoms with E-state index in [2.05, 4.69) is 4.90 Å². The summed E-state index contributed by atoms with van der Waals surface area (Å²) in [5.41, 5.74) is 0. The van der Waals surface area contributed by atoms with Gasteiger partial charge >= 0.3 is 13.6 Å². The first-order chi connectivity index (χ1) is 12.8. The van der Waals surface area contributed by atoms with Crippen LogP contribution in [0.3, 0.4) is 0 Å². The molecule has 3 heterocycles. The number of piperazine rings is 1. The fourth-order valence-corrected chi connectivity index (χ4v) is 4.86. The Morgan fingerprint density at radius 1 is 1.07 bits per heavy atom. The number of carbonyl (C=O) groups excluding carboxylic acids is 2. The minimum Gasteiger partial charge on any atom is -0.438 e. The monoisotopic (exact) mass is 404 g/mol. The first-order valence-electron chi connectivity index (χ1n) is 9.48. The number of nitrogens with zero attached hydrogens (tertiary/aromatic N) is 2. The van der Waals surface area contributed by atoms with Crippen LogP contribution in [0.4, 0.5) is 0 Å². The van der Waals surface area contributed by atoms with E-state index >= 15 is 0 Å². The van der Waals surface area contributed by atoms with Gasteiger partial charge in [0.15, 0.2) is 0 Å². The first-order valence-corrected chi connectivity index (χ1v) is 11.5. The third kappa shape index (κ3) is 4.71. The summed E-state index contributed by atoms with van der Waals surface area (Å²) < 4.78 is 33.0. The maximum atomic E-state index is 13.1. The number of likely N-dealkylation sites (N-methyl/N-ethyl adjacent to an activating group) is 1. The fraction of sp³-hybridized carbons (Fsp3) is 0.882. The van der Waals surface area contributed by atoms with Gasteiger partial charge in [-0.1, -0.05) is 0 Å². The molecule has 3 saturated heterocycles. The maximum absolute atomic E-state index is 13.1. The van der Waals surface area contributed by atoms with E-state index in [0.717, 1.165) is 25.9 Å². The molecule has 0 spiro atoms. The van der Waals surface area contributed by atoms with Crippen molar-refractivity contribution in [2.75, 3.05) is 53.3 Å². The Balaban J connectivity index is 1.60. The number of esters is 1. The Bertz CT molecular complexity index is 608. The van der Waals surface area contributed by atoms with E-state index in [-0.39, 0.29) is 24.7 Å². The predicted molar refractivity (Wildman–Crippen MR) is 96.2 cm³/mol. The van der Waals surface area contributed by atoms with Crippen LogP contribution in [0.25, 0.3) is 0 Å². The standard InChI is InChI=1S/C17H29N2O7P/c1-4-24-27(3,22)25-11-23-17(21)15-13-6-5-12(26-13)14(15)16(20)19-9-7-18(2)8-10-19/h12-15H,4-11H2,1-3H3. The Hall–Kier alpha value is -0.990. The van der Waals surface area contributed by atoms with Crippen molar-refractivity contribution in [1.82, 2.24) is 9.80 Å². The number of rotatable bonds is 7. The number of ether oxygens (including phenoxy) is 2. The molecule has 27 heavy (non-hydrogen) atoms. The van der Waals surface area contributed by atoms with Gasteiger partial charge in [0.05, 0.1) is 30.7 Å². The summed E-state index contributed by atoms with van der Waals surface area (Å²) in [7, 11) is -1.22. The number of hydrogen-bond donors (Lipinski definition) is 0. The average molecular weight is 404 g/mol. The third-order valence-electron chi connectivity index (χ3n) is 5.50. The Morgan fingerprint density at radius 2 is 1.70 bits per heavy atom. The summed E-state index contributed by atoms with van der Waals surface area (Å²) in [4.78, 5) is 29.7. The van der Waals surface area contributed by atoms with Gasteiger partial charge < -0.3 is 23.8 Å². The van der Waals surface area contributed by atoms with Gasteiger partial charge in [0.2, 0.25) is 12.7 Å². The molecule has 3 aliphatic heterocycles. The second-order valence-electron chi connectivity index (χ2n) is 7.37. The molecule has 0 radical (unpaired) electrons. The minimum absolute atomic E-state index is 0.0337. The lowest BCUT2D eigenvalue weighted by Gasteiger charge is -2.36. The normalized spacial score (nSPS) is 33.1. The molecule has 5 unspecified atom stereocenters. The van der Waals surface area contributed by atoms with E-state index in [1.165, 1.54) is 6.66 Å². The maximum Gasteiger partial charge on any atom is 0.330 e. The van der Waals surface area contributed by atoms with Crippen LogP contribution >= 0.6 is 7.60 Å². The van der Waals surface area contributed by atoms with Crippen molar-refractivity contribution in [3.05, 3.63) is 0 Å². The quantitative estimate of drug-likeness (QED) is 0.351. The highest BCUT2D eigenvalue weighted by Gasteiger charge is 2.57. The zero-order valence-electron chi connectivity index (χ0n) is 16.2. The lowest BCUT2D eigenvalue weighted by molar-refractivity contribution is -0.162. The van der Waals surface area contributed by atoms with Crippen LogP contribution < -0.4 is 0 Å². The summed E-state index contributed by atoms with van der Waals surface area (Å²) >= 11 is 0. The van der Waals surface area contributed by atoms with Gasteiger partial charge in [-0.05, 0) is 26.8 Å². The molecule has 5 atom stereocenters. The Labute approximate surface area is 159 Å². The molecule has 9 nitrogen and oxygen atoms in total. The van der Waals surface area contributed by atoms with Crippen molar-refractivity contribution in [3.8, 4) is 0 Å². The summed E-state index contributed by atoms with van der Waals surface area (Å²) in [5.74, 6) is -1.72. The van der Waals surface area contributed by atoms with E-state index in [0.29, 0.717) is 13.1 Å². The molecule has 3 fully saturated rings. The highest BCUT2D eigenvalue weighted by Crippen LogP contribution is 2.46. The van der Waals surface area contributed by atoms with Crippen LogP contribution in [0.15, 0.2) is 0 Å². The summed E-state index contributed by atoms with van der Waals surface area (Å²) in [6, 6.07) is 0. The molecule has 10 heteroatoms. The second kappa shape index (κ2) is 8.57. The van der Waals surface area contributed by atoms with Gasteiger partial charge in [0, 0.05) is 32.8 Å².